The number of benzene rings is 10. The SMILES string of the molecule is CC1(C)c2ccccc2-c2ccc(N(c3ccc(-c4ccccc4)cc3)c3ccc4c(c3)C3(c5ccccc5-4)c4ccccc4-c4c3ccc3oc5c(-c6ccccc6)cccc5c43)cc21. The molecule has 0 aliphatic heterocycles. The molecule has 0 amide bonds. The minimum atomic E-state index is -0.562. The third-order valence-electron chi connectivity index (χ3n) is 15.1. The number of furan rings is 1. The monoisotopic (exact) mass is 841 g/mol. The smallest absolute Gasteiger partial charge is 0.143 e. The number of rotatable bonds is 5. The predicted molar refractivity (Wildman–Crippen MR) is 273 cm³/mol. The van der Waals surface area contributed by atoms with E-state index in [4.69, 9.17) is 4.42 Å². The summed E-state index contributed by atoms with van der Waals surface area (Å²) in [5, 5.41) is 2.32. The summed E-state index contributed by atoms with van der Waals surface area (Å²) in [6.07, 6.45) is 0. The molecule has 0 fully saturated rings. The fraction of sp³-hybridized carbons (Fsp3) is 0.0625. The number of anilines is 3. The van der Waals surface area contributed by atoms with E-state index in [9.17, 15) is 0 Å². The Balaban J connectivity index is 1.02. The predicted octanol–water partition coefficient (Wildman–Crippen LogP) is 17.0. The fourth-order valence-electron chi connectivity index (χ4n) is 12.2. The molecule has 1 aromatic heterocycles. The van der Waals surface area contributed by atoms with Crippen molar-refractivity contribution in [2.45, 2.75) is 24.7 Å². The van der Waals surface area contributed by atoms with Gasteiger partial charge >= 0.3 is 0 Å². The van der Waals surface area contributed by atoms with Gasteiger partial charge < -0.3 is 9.32 Å². The molecule has 2 nitrogen and oxygen atoms in total. The molecule has 11 aromatic rings. The van der Waals surface area contributed by atoms with E-state index in [0.717, 1.165) is 44.7 Å². The van der Waals surface area contributed by atoms with Crippen molar-refractivity contribution in [1.82, 2.24) is 0 Å². The van der Waals surface area contributed by atoms with E-state index in [1.165, 1.54) is 83.3 Å². The van der Waals surface area contributed by atoms with Crippen molar-refractivity contribution in [3.05, 3.63) is 258 Å². The van der Waals surface area contributed by atoms with Gasteiger partial charge in [0.2, 0.25) is 0 Å². The summed E-state index contributed by atoms with van der Waals surface area (Å²) in [5.74, 6) is 0. The Kier molecular flexibility index (Phi) is 7.70. The van der Waals surface area contributed by atoms with E-state index in [1.54, 1.807) is 0 Å². The van der Waals surface area contributed by atoms with Gasteiger partial charge in [0.1, 0.15) is 11.2 Å². The Morgan fingerprint density at radius 2 is 0.864 bits per heavy atom. The average molecular weight is 842 g/mol. The largest absolute Gasteiger partial charge is 0.455 e. The van der Waals surface area contributed by atoms with Crippen LogP contribution in [0.5, 0.6) is 0 Å². The second-order valence-corrected chi connectivity index (χ2v) is 18.7. The van der Waals surface area contributed by atoms with Crippen LogP contribution >= 0.6 is 0 Å². The van der Waals surface area contributed by atoms with E-state index in [1.807, 2.05) is 0 Å². The van der Waals surface area contributed by atoms with Gasteiger partial charge in [0, 0.05) is 38.8 Å². The van der Waals surface area contributed by atoms with E-state index >= 15 is 0 Å². The highest BCUT2D eigenvalue weighted by molar-refractivity contribution is 6.18. The number of nitrogens with zero attached hydrogens (tertiary/aromatic N) is 1. The minimum Gasteiger partial charge on any atom is -0.455 e. The van der Waals surface area contributed by atoms with Crippen LogP contribution in [0.3, 0.4) is 0 Å². The van der Waals surface area contributed by atoms with Crippen molar-refractivity contribution >= 4 is 39.0 Å². The van der Waals surface area contributed by atoms with E-state index in [2.05, 4.69) is 243 Å². The zero-order chi connectivity index (χ0) is 43.7. The molecule has 1 spiro atoms. The maximum atomic E-state index is 6.91. The number of fused-ring (bicyclic) bond motifs is 17. The van der Waals surface area contributed by atoms with Crippen molar-refractivity contribution in [1.29, 1.82) is 0 Å². The summed E-state index contributed by atoms with van der Waals surface area (Å²) in [5.41, 5.74) is 24.8. The molecule has 0 N–H and O–H groups in total. The van der Waals surface area contributed by atoms with Crippen molar-refractivity contribution < 1.29 is 4.42 Å². The normalized spacial score (nSPS) is 15.6. The number of hydrogen-bond acceptors (Lipinski definition) is 2. The molecule has 1 unspecified atom stereocenters. The second kappa shape index (κ2) is 13.7. The van der Waals surface area contributed by atoms with Gasteiger partial charge in [-0.05, 0) is 126 Å². The lowest BCUT2D eigenvalue weighted by Crippen LogP contribution is -2.26. The quantitative estimate of drug-likeness (QED) is 0.172. The molecule has 310 valence electrons. The zero-order valence-corrected chi connectivity index (χ0v) is 36.7. The van der Waals surface area contributed by atoms with Crippen molar-refractivity contribution in [3.63, 3.8) is 0 Å². The Bertz CT molecular complexity index is 3780. The lowest BCUT2D eigenvalue weighted by molar-refractivity contribution is 0.660. The maximum absolute atomic E-state index is 6.91. The molecule has 2 heteroatoms. The molecule has 66 heavy (non-hydrogen) atoms. The first-order valence-corrected chi connectivity index (χ1v) is 23.1. The van der Waals surface area contributed by atoms with Gasteiger partial charge in [-0.15, -0.1) is 0 Å². The highest BCUT2D eigenvalue weighted by Crippen LogP contribution is 2.65. The topological polar surface area (TPSA) is 16.4 Å². The summed E-state index contributed by atoms with van der Waals surface area (Å²) >= 11 is 0. The third-order valence-corrected chi connectivity index (χ3v) is 15.1. The van der Waals surface area contributed by atoms with E-state index in [-0.39, 0.29) is 5.41 Å². The molecule has 1 atom stereocenters. The van der Waals surface area contributed by atoms with Gasteiger partial charge in [-0.1, -0.05) is 196 Å². The Morgan fingerprint density at radius 1 is 0.348 bits per heavy atom. The Labute approximate surface area is 384 Å². The summed E-state index contributed by atoms with van der Waals surface area (Å²) in [7, 11) is 0. The van der Waals surface area contributed by atoms with Crippen molar-refractivity contribution in [3.8, 4) is 55.6 Å². The van der Waals surface area contributed by atoms with Gasteiger partial charge in [0.15, 0.2) is 0 Å². The summed E-state index contributed by atoms with van der Waals surface area (Å²) in [4.78, 5) is 2.48. The molecule has 1 heterocycles. The Hall–Kier alpha value is -8.20. The molecule has 3 aliphatic rings. The van der Waals surface area contributed by atoms with Crippen molar-refractivity contribution in [2.24, 2.45) is 0 Å². The number of hydrogen-bond donors (Lipinski definition) is 0. The van der Waals surface area contributed by atoms with Crippen LogP contribution in [0.15, 0.2) is 229 Å². The molecule has 10 aromatic carbocycles. The van der Waals surface area contributed by atoms with Gasteiger partial charge in [0.05, 0.1) is 5.41 Å². The maximum Gasteiger partial charge on any atom is 0.143 e. The first-order valence-electron chi connectivity index (χ1n) is 23.1. The van der Waals surface area contributed by atoms with Gasteiger partial charge in [-0.25, -0.2) is 0 Å². The van der Waals surface area contributed by atoms with Crippen LogP contribution in [0.25, 0.3) is 77.6 Å². The molecule has 14 rings (SSSR count). The van der Waals surface area contributed by atoms with Crippen LogP contribution in [-0.4, -0.2) is 0 Å². The molecule has 0 bridgehead atoms. The van der Waals surface area contributed by atoms with E-state index in [0.29, 0.717) is 0 Å². The van der Waals surface area contributed by atoms with Crippen LogP contribution in [0.4, 0.5) is 17.1 Å². The first-order chi connectivity index (χ1) is 32.5. The lowest BCUT2D eigenvalue weighted by atomic mass is 9.70. The van der Waals surface area contributed by atoms with Crippen LogP contribution in [0.1, 0.15) is 47.2 Å². The van der Waals surface area contributed by atoms with Gasteiger partial charge in [0.25, 0.3) is 0 Å². The van der Waals surface area contributed by atoms with Crippen LogP contribution in [0.2, 0.25) is 0 Å². The molecular formula is C64H43NO. The first kappa shape index (κ1) is 37.2. The van der Waals surface area contributed by atoms with Gasteiger partial charge in [-0.3, -0.25) is 0 Å². The lowest BCUT2D eigenvalue weighted by Gasteiger charge is -2.32. The third kappa shape index (κ3) is 4.96. The van der Waals surface area contributed by atoms with Crippen LogP contribution in [0, 0.1) is 0 Å². The molecule has 3 aliphatic carbocycles. The summed E-state index contributed by atoms with van der Waals surface area (Å²) < 4.78 is 6.91. The Morgan fingerprint density at radius 3 is 1.58 bits per heavy atom. The van der Waals surface area contributed by atoms with Crippen LogP contribution in [-0.2, 0) is 10.8 Å². The molecular weight excluding hydrogens is 799 g/mol. The summed E-state index contributed by atoms with van der Waals surface area (Å²) in [6, 6.07) is 83.1. The highest BCUT2D eigenvalue weighted by Gasteiger charge is 2.52. The van der Waals surface area contributed by atoms with E-state index < -0.39 is 5.41 Å². The standard InChI is InChI=1S/C64H43NO/c1-63(2)53-25-12-9-20-47(53)49-34-32-44(38-57(49)63)65(43-30-28-41(29-31-43)40-16-5-3-6-17-40)45-33-35-50-48-21-10-13-26-54(48)64(58(50)39-45)55-27-14-11-22-51(55)60-56(64)36-37-59-61(60)52-24-15-23-46(62(52)66-59)42-18-7-4-8-19-42/h3-39H,1-2H3. The number of para-hydroxylation sites is 1. The van der Waals surface area contributed by atoms with Crippen molar-refractivity contribution in [2.75, 3.05) is 4.90 Å². The average Bonchev–Trinajstić information content (AvgIpc) is 4.07. The summed E-state index contributed by atoms with van der Waals surface area (Å²) in [6.45, 7) is 4.74. The minimum absolute atomic E-state index is 0.143. The molecule has 0 radical (unpaired) electrons. The van der Waals surface area contributed by atoms with Crippen LogP contribution < -0.4 is 4.90 Å². The van der Waals surface area contributed by atoms with Gasteiger partial charge in [-0.2, -0.15) is 0 Å². The fourth-order valence-corrected chi connectivity index (χ4v) is 12.2. The zero-order valence-electron chi connectivity index (χ0n) is 36.7. The molecule has 0 saturated heterocycles. The molecule has 0 saturated carbocycles. The second-order valence-electron chi connectivity index (χ2n) is 18.7. The highest BCUT2D eigenvalue weighted by atomic mass is 16.3.